The molecule has 0 bridgehead atoms. The van der Waals surface area contributed by atoms with E-state index in [0.29, 0.717) is 57.6 Å². The normalized spacial score (nSPS) is 15.8. The van der Waals surface area contributed by atoms with Crippen LogP contribution in [0.25, 0.3) is 0 Å². The highest BCUT2D eigenvalue weighted by atomic mass is 16.5. The zero-order valence-corrected chi connectivity index (χ0v) is 24.4. The lowest BCUT2D eigenvalue weighted by Crippen LogP contribution is -2.28. The second kappa shape index (κ2) is 19.2. The molecule has 1 aromatic rings. The molecule has 2 unspecified atom stereocenters. The Bertz CT molecular complexity index is 959. The van der Waals surface area contributed by atoms with Crippen molar-refractivity contribution < 1.29 is 28.7 Å². The SMILES string of the molecule is CCCC(CCCCNC(=O)CCCOCC(=O)NCc1ccc(CC(=O)C2CCCCC2=O)cc1)C(=O)CC. The minimum Gasteiger partial charge on any atom is -0.372 e. The Labute approximate surface area is 239 Å². The molecular formula is C32H48N2O6. The number of Topliss-reactive ketones (excluding diaryl/α,β-unsaturated/α-hetero) is 3. The molecule has 8 nitrogen and oxygen atoms in total. The molecule has 2 amide bonds. The summed E-state index contributed by atoms with van der Waals surface area (Å²) in [5.41, 5.74) is 1.78. The van der Waals surface area contributed by atoms with E-state index < -0.39 is 5.92 Å². The summed E-state index contributed by atoms with van der Waals surface area (Å²) in [4.78, 5) is 60.5. The number of ketones is 3. The first-order valence-corrected chi connectivity index (χ1v) is 15.1. The lowest BCUT2D eigenvalue weighted by Gasteiger charge is -2.19. The highest BCUT2D eigenvalue weighted by Crippen LogP contribution is 2.23. The van der Waals surface area contributed by atoms with E-state index >= 15 is 0 Å². The largest absolute Gasteiger partial charge is 0.372 e. The summed E-state index contributed by atoms with van der Waals surface area (Å²) in [6.07, 6.45) is 9.38. The summed E-state index contributed by atoms with van der Waals surface area (Å²) in [5, 5.41) is 5.72. The van der Waals surface area contributed by atoms with Crippen molar-refractivity contribution in [3.63, 3.8) is 0 Å². The number of carbonyl (C=O) groups is 5. The first-order valence-electron chi connectivity index (χ1n) is 15.1. The van der Waals surface area contributed by atoms with Crippen LogP contribution in [0.3, 0.4) is 0 Å². The minimum atomic E-state index is -0.445. The number of amides is 2. The van der Waals surface area contributed by atoms with Crippen LogP contribution in [0.2, 0.25) is 0 Å². The van der Waals surface area contributed by atoms with Gasteiger partial charge in [-0.25, -0.2) is 0 Å². The molecule has 2 N–H and O–H groups in total. The van der Waals surface area contributed by atoms with Crippen molar-refractivity contribution in [3.8, 4) is 0 Å². The number of hydrogen-bond acceptors (Lipinski definition) is 6. The Morgan fingerprint density at radius 2 is 1.68 bits per heavy atom. The van der Waals surface area contributed by atoms with E-state index in [0.717, 1.165) is 56.1 Å². The van der Waals surface area contributed by atoms with E-state index in [1.807, 2.05) is 31.2 Å². The van der Waals surface area contributed by atoms with Crippen LogP contribution in [0.4, 0.5) is 0 Å². The molecule has 2 rings (SSSR count). The fraction of sp³-hybridized carbons (Fsp3) is 0.656. The van der Waals surface area contributed by atoms with Crippen molar-refractivity contribution in [3.05, 3.63) is 35.4 Å². The Morgan fingerprint density at radius 1 is 0.925 bits per heavy atom. The van der Waals surface area contributed by atoms with Crippen LogP contribution in [0, 0.1) is 11.8 Å². The number of carbonyl (C=O) groups excluding carboxylic acids is 5. The minimum absolute atomic E-state index is 0.00239. The summed E-state index contributed by atoms with van der Waals surface area (Å²) in [5.74, 6) is -0.140. The van der Waals surface area contributed by atoms with E-state index in [1.54, 1.807) is 0 Å². The van der Waals surface area contributed by atoms with Crippen LogP contribution in [0.5, 0.6) is 0 Å². The van der Waals surface area contributed by atoms with E-state index in [9.17, 15) is 24.0 Å². The van der Waals surface area contributed by atoms with Gasteiger partial charge in [0.1, 0.15) is 24.0 Å². The first kappa shape index (κ1) is 33.3. The van der Waals surface area contributed by atoms with Gasteiger partial charge in [-0.2, -0.15) is 0 Å². The second-order valence-corrected chi connectivity index (χ2v) is 10.8. The number of unbranched alkanes of at least 4 members (excludes halogenated alkanes) is 1. The maximum atomic E-state index is 12.5. The van der Waals surface area contributed by atoms with E-state index in [4.69, 9.17) is 4.74 Å². The Morgan fingerprint density at radius 3 is 2.38 bits per heavy atom. The van der Waals surface area contributed by atoms with Crippen molar-refractivity contribution >= 4 is 29.2 Å². The molecule has 1 saturated carbocycles. The molecule has 0 aliphatic heterocycles. The number of benzene rings is 1. The third-order valence-electron chi connectivity index (χ3n) is 7.50. The van der Waals surface area contributed by atoms with Crippen molar-refractivity contribution in [2.75, 3.05) is 19.8 Å². The fourth-order valence-electron chi connectivity index (χ4n) is 5.11. The summed E-state index contributed by atoms with van der Waals surface area (Å²) < 4.78 is 5.40. The van der Waals surface area contributed by atoms with Crippen LogP contribution < -0.4 is 10.6 Å². The second-order valence-electron chi connectivity index (χ2n) is 10.8. The number of rotatable bonds is 20. The van der Waals surface area contributed by atoms with Crippen molar-refractivity contribution in [2.24, 2.45) is 11.8 Å². The summed E-state index contributed by atoms with van der Waals surface area (Å²) in [7, 11) is 0. The van der Waals surface area contributed by atoms with Crippen LogP contribution in [-0.2, 0) is 41.7 Å². The zero-order valence-electron chi connectivity index (χ0n) is 24.4. The Balaban J connectivity index is 1.51. The average Bonchev–Trinajstić information content (AvgIpc) is 2.95. The lowest BCUT2D eigenvalue weighted by atomic mass is 9.83. The molecular weight excluding hydrogens is 508 g/mol. The average molecular weight is 557 g/mol. The van der Waals surface area contributed by atoms with Crippen LogP contribution in [0.1, 0.15) is 102 Å². The van der Waals surface area contributed by atoms with Gasteiger partial charge >= 0.3 is 0 Å². The molecule has 0 spiro atoms. The summed E-state index contributed by atoms with van der Waals surface area (Å²) >= 11 is 0. The predicted octanol–water partition coefficient (Wildman–Crippen LogP) is 4.65. The highest BCUT2D eigenvalue weighted by molar-refractivity contribution is 6.03. The van der Waals surface area contributed by atoms with Gasteiger partial charge in [0.25, 0.3) is 0 Å². The molecule has 0 saturated heterocycles. The van der Waals surface area contributed by atoms with Gasteiger partial charge in [0.15, 0.2) is 0 Å². The van der Waals surface area contributed by atoms with E-state index in [1.165, 1.54) is 0 Å². The highest BCUT2D eigenvalue weighted by Gasteiger charge is 2.28. The van der Waals surface area contributed by atoms with E-state index in [2.05, 4.69) is 17.6 Å². The smallest absolute Gasteiger partial charge is 0.246 e. The standard InChI is InChI=1S/C32H48N2O6/c1-3-10-26(28(35)4-2)11-7-8-19-33-31(38)14-9-20-40-23-32(39)34-22-25-17-15-24(16-18-25)21-30(37)27-12-5-6-13-29(27)36/h15-18,26-27H,3-14,19-23H2,1-2H3,(H,33,38)(H,34,39). The molecule has 1 aliphatic carbocycles. The third-order valence-corrected chi connectivity index (χ3v) is 7.50. The molecule has 0 heterocycles. The molecule has 40 heavy (non-hydrogen) atoms. The Kier molecular flexibility index (Phi) is 16.0. The van der Waals surface area contributed by atoms with Gasteiger partial charge in [-0.1, -0.05) is 57.4 Å². The fourth-order valence-corrected chi connectivity index (χ4v) is 5.11. The maximum Gasteiger partial charge on any atom is 0.246 e. The molecule has 1 fully saturated rings. The van der Waals surface area contributed by atoms with Gasteiger partial charge in [0.05, 0.1) is 5.92 Å². The molecule has 222 valence electrons. The molecule has 8 heteroatoms. The third kappa shape index (κ3) is 13.0. The number of hydrogen-bond donors (Lipinski definition) is 2. The first-order chi connectivity index (χ1) is 19.3. The number of nitrogens with one attached hydrogen (secondary N) is 2. The van der Waals surface area contributed by atoms with E-state index in [-0.39, 0.29) is 42.3 Å². The predicted molar refractivity (Wildman–Crippen MR) is 155 cm³/mol. The molecule has 0 radical (unpaired) electrons. The van der Waals surface area contributed by atoms with Gasteiger partial charge in [-0.3, -0.25) is 24.0 Å². The number of ether oxygens (including phenoxy) is 1. The van der Waals surface area contributed by atoms with Crippen LogP contribution in [0.15, 0.2) is 24.3 Å². The lowest BCUT2D eigenvalue weighted by molar-refractivity contribution is -0.134. The topological polar surface area (TPSA) is 119 Å². The van der Waals surface area contributed by atoms with Gasteiger partial charge < -0.3 is 15.4 Å². The van der Waals surface area contributed by atoms with Crippen molar-refractivity contribution in [1.29, 1.82) is 0 Å². The molecule has 1 aliphatic rings. The molecule has 2 atom stereocenters. The van der Waals surface area contributed by atoms with Crippen molar-refractivity contribution in [2.45, 2.75) is 104 Å². The van der Waals surface area contributed by atoms with Gasteiger partial charge in [0, 0.05) is 51.3 Å². The Hall–Kier alpha value is -2.87. The quantitative estimate of drug-likeness (QED) is 0.178. The van der Waals surface area contributed by atoms with Gasteiger partial charge in [-0.15, -0.1) is 0 Å². The summed E-state index contributed by atoms with van der Waals surface area (Å²) in [6.45, 7) is 5.23. The monoisotopic (exact) mass is 556 g/mol. The van der Waals surface area contributed by atoms with Crippen molar-refractivity contribution in [1.82, 2.24) is 10.6 Å². The van der Waals surface area contributed by atoms with Gasteiger partial charge in [-0.05, 0) is 49.7 Å². The molecule has 0 aromatic heterocycles. The molecule has 1 aromatic carbocycles. The van der Waals surface area contributed by atoms with Crippen LogP contribution >= 0.6 is 0 Å². The van der Waals surface area contributed by atoms with Gasteiger partial charge in [0.2, 0.25) is 11.8 Å². The maximum absolute atomic E-state index is 12.5. The zero-order chi connectivity index (χ0) is 29.2. The summed E-state index contributed by atoms with van der Waals surface area (Å²) in [6, 6.07) is 7.48. The van der Waals surface area contributed by atoms with Crippen LogP contribution in [-0.4, -0.2) is 48.9 Å².